The van der Waals surface area contributed by atoms with Crippen LogP contribution < -0.4 is 10.1 Å². The largest absolute Gasteiger partial charge is 0.573 e. The van der Waals surface area contributed by atoms with Crippen molar-refractivity contribution in [2.75, 3.05) is 32.7 Å². The van der Waals surface area contributed by atoms with E-state index in [1.807, 2.05) is 6.92 Å². The van der Waals surface area contributed by atoms with Gasteiger partial charge in [0.05, 0.1) is 0 Å². The number of ether oxygens (including phenoxy) is 1. The molecule has 5 nitrogen and oxygen atoms in total. The van der Waals surface area contributed by atoms with Crippen molar-refractivity contribution in [3.63, 3.8) is 0 Å². The van der Waals surface area contributed by atoms with Crippen LogP contribution in [0.1, 0.15) is 44.1 Å². The molecule has 9 heteroatoms. The molecule has 1 aromatic carbocycles. The molecule has 0 amide bonds. The van der Waals surface area contributed by atoms with Crippen LogP contribution in [0.4, 0.5) is 13.2 Å². The number of hydrogen-bond acceptors (Lipinski definition) is 3. The van der Waals surface area contributed by atoms with Crippen molar-refractivity contribution >= 4 is 29.9 Å². The Morgan fingerprint density at radius 2 is 1.93 bits per heavy atom. The summed E-state index contributed by atoms with van der Waals surface area (Å²) in [4.78, 5) is 9.54. The highest BCUT2D eigenvalue weighted by Crippen LogP contribution is 2.45. The fraction of sp³-hybridized carbons (Fsp3) is 0.667. The van der Waals surface area contributed by atoms with Gasteiger partial charge in [-0.2, -0.15) is 0 Å². The lowest BCUT2D eigenvalue weighted by molar-refractivity contribution is -0.274. The summed E-state index contributed by atoms with van der Waals surface area (Å²) in [5, 5.41) is 3.50. The summed E-state index contributed by atoms with van der Waals surface area (Å²) in [7, 11) is 0. The lowest BCUT2D eigenvalue weighted by Gasteiger charge is -2.25. The summed E-state index contributed by atoms with van der Waals surface area (Å²) in [6, 6.07) is 7.11. The van der Waals surface area contributed by atoms with E-state index in [1.54, 1.807) is 18.2 Å². The molecule has 1 N–H and O–H groups in total. The minimum atomic E-state index is -4.68. The number of halogens is 4. The molecule has 168 valence electrons. The molecule has 1 aliphatic carbocycles. The first-order valence-electron chi connectivity index (χ1n) is 10.6. The van der Waals surface area contributed by atoms with Crippen LogP contribution in [0.3, 0.4) is 0 Å². The number of guanidine groups is 1. The van der Waals surface area contributed by atoms with Gasteiger partial charge in [-0.3, -0.25) is 9.89 Å². The Bertz CT molecular complexity index is 739. The standard InChI is InChI=1S/C21H29F3N4O.HI/c1-2-25-20(28-12-9-15(14-28)27-10-5-6-11-27)26-18-13-17(18)16-7-3-4-8-19(16)29-21(22,23)24;/h3-4,7-8,15,17-18H,2,5-6,9-14H2,1H3,(H,25,26);1H. The van der Waals surface area contributed by atoms with Gasteiger partial charge in [0.1, 0.15) is 5.75 Å². The van der Waals surface area contributed by atoms with Gasteiger partial charge in [-0.05, 0) is 57.3 Å². The fourth-order valence-electron chi connectivity index (χ4n) is 4.59. The van der Waals surface area contributed by atoms with E-state index >= 15 is 0 Å². The molecule has 0 radical (unpaired) electrons. The van der Waals surface area contributed by atoms with Gasteiger partial charge in [-0.25, -0.2) is 0 Å². The van der Waals surface area contributed by atoms with E-state index in [9.17, 15) is 13.2 Å². The van der Waals surface area contributed by atoms with Gasteiger partial charge in [0.25, 0.3) is 0 Å². The van der Waals surface area contributed by atoms with Crippen molar-refractivity contribution in [3.05, 3.63) is 29.8 Å². The zero-order chi connectivity index (χ0) is 20.4. The second-order valence-electron chi connectivity index (χ2n) is 8.11. The van der Waals surface area contributed by atoms with E-state index in [4.69, 9.17) is 0 Å². The maximum absolute atomic E-state index is 12.7. The summed E-state index contributed by atoms with van der Waals surface area (Å²) in [5.74, 6) is 0.794. The molecule has 2 heterocycles. The predicted octanol–water partition coefficient (Wildman–Crippen LogP) is 4.19. The molecule has 1 saturated carbocycles. The monoisotopic (exact) mass is 538 g/mol. The zero-order valence-corrected chi connectivity index (χ0v) is 19.5. The minimum Gasteiger partial charge on any atom is -0.405 e. The Balaban J connectivity index is 0.00000256. The number of nitrogens with zero attached hydrogens (tertiary/aromatic N) is 3. The van der Waals surface area contributed by atoms with E-state index in [2.05, 4.69) is 24.8 Å². The number of alkyl halides is 3. The maximum Gasteiger partial charge on any atom is 0.573 e. The third-order valence-electron chi connectivity index (χ3n) is 6.08. The van der Waals surface area contributed by atoms with Crippen molar-refractivity contribution in [1.82, 2.24) is 15.1 Å². The number of nitrogens with one attached hydrogen (secondary N) is 1. The number of likely N-dealkylation sites (tertiary alicyclic amines) is 2. The van der Waals surface area contributed by atoms with Crippen LogP contribution in [0.25, 0.3) is 0 Å². The Morgan fingerprint density at radius 1 is 1.20 bits per heavy atom. The molecule has 2 aliphatic heterocycles. The number of rotatable bonds is 5. The smallest absolute Gasteiger partial charge is 0.405 e. The number of benzene rings is 1. The third-order valence-corrected chi connectivity index (χ3v) is 6.08. The van der Waals surface area contributed by atoms with Crippen LogP contribution in [-0.2, 0) is 0 Å². The van der Waals surface area contributed by atoms with Crippen LogP contribution >= 0.6 is 24.0 Å². The molecule has 30 heavy (non-hydrogen) atoms. The Hall–Kier alpha value is -1.23. The van der Waals surface area contributed by atoms with E-state index in [0.717, 1.165) is 31.9 Å². The van der Waals surface area contributed by atoms with E-state index in [-0.39, 0.29) is 41.7 Å². The summed E-state index contributed by atoms with van der Waals surface area (Å²) in [5.41, 5.74) is 0.606. The number of aliphatic imine (C=N–C) groups is 1. The van der Waals surface area contributed by atoms with Crippen molar-refractivity contribution in [2.24, 2.45) is 4.99 Å². The minimum absolute atomic E-state index is 0. The van der Waals surface area contributed by atoms with Crippen molar-refractivity contribution < 1.29 is 17.9 Å². The van der Waals surface area contributed by atoms with Crippen LogP contribution in [0.15, 0.2) is 29.3 Å². The lowest BCUT2D eigenvalue weighted by Crippen LogP contribution is -2.43. The van der Waals surface area contributed by atoms with Crippen LogP contribution in [-0.4, -0.2) is 66.9 Å². The SMILES string of the molecule is CCN=C(NC1CC1c1ccccc1OC(F)(F)F)N1CCC(N2CCCC2)C1.I. The van der Waals surface area contributed by atoms with Gasteiger partial charge in [0.2, 0.25) is 0 Å². The Morgan fingerprint density at radius 3 is 2.63 bits per heavy atom. The third kappa shape index (κ3) is 5.72. The first kappa shape index (κ1) is 23.4. The van der Waals surface area contributed by atoms with Crippen LogP contribution in [0.2, 0.25) is 0 Å². The molecule has 2 saturated heterocycles. The summed E-state index contributed by atoms with van der Waals surface area (Å²) in [6.07, 6.45) is -0.185. The molecule has 0 aromatic heterocycles. The van der Waals surface area contributed by atoms with Gasteiger partial charge >= 0.3 is 6.36 Å². The Labute approximate surface area is 193 Å². The quantitative estimate of drug-likeness (QED) is 0.347. The molecule has 0 spiro atoms. The average molecular weight is 538 g/mol. The summed E-state index contributed by atoms with van der Waals surface area (Å²) in [6.45, 7) is 7.00. The zero-order valence-electron chi connectivity index (χ0n) is 17.2. The van der Waals surface area contributed by atoms with E-state index in [0.29, 0.717) is 18.2 Å². The lowest BCUT2D eigenvalue weighted by atomic mass is 10.1. The average Bonchev–Trinajstić information content (AvgIpc) is 3.08. The second kappa shape index (κ2) is 9.93. The maximum atomic E-state index is 12.7. The highest BCUT2D eigenvalue weighted by molar-refractivity contribution is 14.0. The molecular weight excluding hydrogens is 508 g/mol. The molecule has 3 unspecified atom stereocenters. The van der Waals surface area contributed by atoms with Gasteiger partial charge in [0.15, 0.2) is 5.96 Å². The normalized spacial score (nSPS) is 27.1. The van der Waals surface area contributed by atoms with Gasteiger partial charge < -0.3 is 15.0 Å². The van der Waals surface area contributed by atoms with E-state index < -0.39 is 6.36 Å². The van der Waals surface area contributed by atoms with Crippen molar-refractivity contribution in [2.45, 2.75) is 57.0 Å². The van der Waals surface area contributed by atoms with Crippen molar-refractivity contribution in [1.29, 1.82) is 0 Å². The number of para-hydroxylation sites is 1. The second-order valence-corrected chi connectivity index (χ2v) is 8.11. The van der Waals surface area contributed by atoms with Crippen molar-refractivity contribution in [3.8, 4) is 5.75 Å². The molecule has 3 fully saturated rings. The predicted molar refractivity (Wildman–Crippen MR) is 122 cm³/mol. The Kier molecular flexibility index (Phi) is 7.76. The van der Waals surface area contributed by atoms with Gasteiger partial charge in [-0.15, -0.1) is 37.1 Å². The molecule has 0 bridgehead atoms. The van der Waals surface area contributed by atoms with Gasteiger partial charge in [-0.1, -0.05) is 18.2 Å². The summed E-state index contributed by atoms with van der Waals surface area (Å²) < 4.78 is 42.4. The highest BCUT2D eigenvalue weighted by Gasteiger charge is 2.43. The van der Waals surface area contributed by atoms with E-state index in [1.165, 1.54) is 32.0 Å². The molecule has 3 aliphatic rings. The fourth-order valence-corrected chi connectivity index (χ4v) is 4.59. The van der Waals surface area contributed by atoms with Crippen LogP contribution in [0.5, 0.6) is 5.75 Å². The highest BCUT2D eigenvalue weighted by atomic mass is 127. The summed E-state index contributed by atoms with van der Waals surface area (Å²) >= 11 is 0. The molecule has 1 aromatic rings. The first-order chi connectivity index (χ1) is 13.9. The van der Waals surface area contributed by atoms with Gasteiger partial charge in [0, 0.05) is 37.6 Å². The molecule has 3 atom stereocenters. The molecule has 4 rings (SSSR count). The molecular formula is C21H30F3IN4O. The topological polar surface area (TPSA) is 40.1 Å². The van der Waals surface area contributed by atoms with Crippen LogP contribution in [0, 0.1) is 0 Å². The first-order valence-corrected chi connectivity index (χ1v) is 10.6. The number of hydrogen-bond donors (Lipinski definition) is 1.